The predicted octanol–water partition coefficient (Wildman–Crippen LogP) is 1.50. The van der Waals surface area contributed by atoms with E-state index in [1.54, 1.807) is 0 Å². The van der Waals surface area contributed by atoms with Crippen molar-refractivity contribution < 1.29 is 4.79 Å². The quantitative estimate of drug-likeness (QED) is 0.675. The summed E-state index contributed by atoms with van der Waals surface area (Å²) in [5.74, 6) is 0.918. The van der Waals surface area contributed by atoms with E-state index in [1.165, 1.54) is 19.3 Å². The van der Waals surface area contributed by atoms with Gasteiger partial charge in [-0.3, -0.25) is 4.79 Å². The van der Waals surface area contributed by atoms with Gasteiger partial charge in [-0.15, -0.1) is 0 Å². The Bertz CT molecular complexity index is 169. The zero-order valence-corrected chi connectivity index (χ0v) is 7.51. The fourth-order valence-electron chi connectivity index (χ4n) is 2.07. The lowest BCUT2D eigenvalue weighted by Gasteiger charge is -2.30. The molecule has 0 spiro atoms. The first-order valence-corrected chi connectivity index (χ1v) is 5.15. The van der Waals surface area contributed by atoms with Gasteiger partial charge in [0.15, 0.2) is 5.78 Å². The average Bonchev–Trinajstić information content (AvgIpc) is 2.03. The molecule has 1 N–H and O–H groups in total. The molecule has 2 nitrogen and oxygen atoms in total. The van der Waals surface area contributed by atoms with Crippen molar-refractivity contribution in [1.82, 2.24) is 5.32 Å². The Labute approximate surface area is 73.7 Å². The number of piperidine rings is 1. The molecule has 0 unspecified atom stereocenters. The molecule has 1 aliphatic heterocycles. The molecule has 68 valence electrons. The van der Waals surface area contributed by atoms with Crippen LogP contribution in [0.5, 0.6) is 0 Å². The van der Waals surface area contributed by atoms with Crippen LogP contribution in [0, 0.1) is 5.92 Å². The topological polar surface area (TPSA) is 29.1 Å². The van der Waals surface area contributed by atoms with Gasteiger partial charge in [-0.05, 0) is 32.2 Å². The third-order valence-corrected chi connectivity index (χ3v) is 3.16. The third kappa shape index (κ3) is 1.53. The number of Topliss-reactive ketones (excluding diaryl/α,β-unsaturated/α-hetero) is 1. The van der Waals surface area contributed by atoms with Gasteiger partial charge in [0.25, 0.3) is 0 Å². The van der Waals surface area contributed by atoms with Gasteiger partial charge in [0.05, 0.1) is 6.04 Å². The maximum Gasteiger partial charge on any atom is 0.152 e. The average molecular weight is 167 g/mol. The molecule has 1 saturated carbocycles. The molecule has 1 aliphatic carbocycles. The fraction of sp³-hybridized carbons (Fsp3) is 0.900. The van der Waals surface area contributed by atoms with Crippen LogP contribution in [0.3, 0.4) is 0 Å². The number of hydrogen-bond donors (Lipinski definition) is 1. The lowest BCUT2D eigenvalue weighted by atomic mass is 9.78. The van der Waals surface area contributed by atoms with Crippen molar-refractivity contribution >= 4 is 5.78 Å². The van der Waals surface area contributed by atoms with E-state index >= 15 is 0 Å². The number of carbonyl (C=O) groups excluding carboxylic acids is 1. The molecule has 2 heteroatoms. The second-order valence-corrected chi connectivity index (χ2v) is 4.03. The molecule has 0 bridgehead atoms. The highest BCUT2D eigenvalue weighted by atomic mass is 16.1. The summed E-state index contributed by atoms with van der Waals surface area (Å²) in [7, 11) is 0. The molecule has 2 fully saturated rings. The highest BCUT2D eigenvalue weighted by molar-refractivity contribution is 5.87. The zero-order chi connectivity index (χ0) is 8.39. The van der Waals surface area contributed by atoms with E-state index in [9.17, 15) is 4.79 Å². The van der Waals surface area contributed by atoms with Gasteiger partial charge in [-0.1, -0.05) is 12.8 Å². The lowest BCUT2D eigenvalue weighted by Crippen LogP contribution is -2.44. The second-order valence-electron chi connectivity index (χ2n) is 4.03. The van der Waals surface area contributed by atoms with Gasteiger partial charge in [-0.2, -0.15) is 0 Å². The van der Waals surface area contributed by atoms with Gasteiger partial charge in [0, 0.05) is 5.92 Å². The normalized spacial score (nSPS) is 31.2. The predicted molar refractivity (Wildman–Crippen MR) is 48.0 cm³/mol. The molecule has 2 aliphatic rings. The summed E-state index contributed by atoms with van der Waals surface area (Å²) in [4.78, 5) is 11.7. The first-order chi connectivity index (χ1) is 5.88. The van der Waals surface area contributed by atoms with E-state index in [0.717, 1.165) is 25.8 Å². The van der Waals surface area contributed by atoms with Crippen LogP contribution in [0.15, 0.2) is 0 Å². The smallest absolute Gasteiger partial charge is 0.152 e. The number of ketones is 1. The summed E-state index contributed by atoms with van der Waals surface area (Å²) in [5, 5.41) is 3.32. The van der Waals surface area contributed by atoms with E-state index in [4.69, 9.17) is 0 Å². The fourth-order valence-corrected chi connectivity index (χ4v) is 2.07. The molecule has 0 aromatic heterocycles. The number of carbonyl (C=O) groups is 1. The van der Waals surface area contributed by atoms with E-state index in [1.807, 2.05) is 0 Å². The van der Waals surface area contributed by atoms with Crippen molar-refractivity contribution in [2.75, 3.05) is 6.54 Å². The Morgan fingerprint density at radius 1 is 1.08 bits per heavy atom. The molecule has 1 saturated heterocycles. The Hall–Kier alpha value is -0.370. The van der Waals surface area contributed by atoms with Gasteiger partial charge in [-0.25, -0.2) is 0 Å². The van der Waals surface area contributed by atoms with E-state index in [-0.39, 0.29) is 6.04 Å². The first kappa shape index (κ1) is 8.24. The number of hydrogen-bond acceptors (Lipinski definition) is 2. The molecular weight excluding hydrogens is 150 g/mol. The van der Waals surface area contributed by atoms with Crippen LogP contribution < -0.4 is 5.32 Å². The van der Waals surface area contributed by atoms with Crippen LogP contribution >= 0.6 is 0 Å². The Morgan fingerprint density at radius 3 is 2.42 bits per heavy atom. The van der Waals surface area contributed by atoms with Gasteiger partial charge in [0.1, 0.15) is 0 Å². The van der Waals surface area contributed by atoms with Gasteiger partial charge in [0.2, 0.25) is 0 Å². The molecule has 1 heterocycles. The number of rotatable bonds is 2. The van der Waals surface area contributed by atoms with Crippen molar-refractivity contribution in [3.63, 3.8) is 0 Å². The highest BCUT2D eigenvalue weighted by Gasteiger charge is 2.31. The van der Waals surface area contributed by atoms with Crippen molar-refractivity contribution in [3.05, 3.63) is 0 Å². The summed E-state index contributed by atoms with van der Waals surface area (Å²) in [5.41, 5.74) is 0. The van der Waals surface area contributed by atoms with Gasteiger partial charge >= 0.3 is 0 Å². The van der Waals surface area contributed by atoms with E-state index in [0.29, 0.717) is 11.7 Å². The minimum Gasteiger partial charge on any atom is -0.307 e. The van der Waals surface area contributed by atoms with Crippen LogP contribution in [0.25, 0.3) is 0 Å². The van der Waals surface area contributed by atoms with Crippen molar-refractivity contribution in [1.29, 1.82) is 0 Å². The largest absolute Gasteiger partial charge is 0.307 e. The first-order valence-electron chi connectivity index (χ1n) is 5.15. The summed E-state index contributed by atoms with van der Waals surface area (Å²) in [6, 6.07) is 0.212. The Balaban J connectivity index is 1.84. The Morgan fingerprint density at radius 2 is 1.92 bits per heavy atom. The minimum atomic E-state index is 0.212. The van der Waals surface area contributed by atoms with Crippen molar-refractivity contribution in [3.8, 4) is 0 Å². The molecule has 0 amide bonds. The minimum absolute atomic E-state index is 0.212. The maximum atomic E-state index is 11.7. The standard InChI is InChI=1S/C10H17NO/c12-10(8-4-3-5-8)9-6-1-2-7-11-9/h8-9,11H,1-7H2/t9-/m1/s1. The molecule has 0 radical (unpaired) electrons. The van der Waals surface area contributed by atoms with Crippen LogP contribution in [-0.4, -0.2) is 18.4 Å². The van der Waals surface area contributed by atoms with Gasteiger partial charge < -0.3 is 5.32 Å². The van der Waals surface area contributed by atoms with Crippen LogP contribution in [0.4, 0.5) is 0 Å². The summed E-state index contributed by atoms with van der Waals surface area (Å²) >= 11 is 0. The van der Waals surface area contributed by atoms with Crippen LogP contribution in [0.1, 0.15) is 38.5 Å². The van der Waals surface area contributed by atoms with E-state index in [2.05, 4.69) is 5.32 Å². The van der Waals surface area contributed by atoms with Crippen LogP contribution in [-0.2, 0) is 4.79 Å². The molecule has 12 heavy (non-hydrogen) atoms. The monoisotopic (exact) mass is 167 g/mol. The maximum absolute atomic E-state index is 11.7. The van der Waals surface area contributed by atoms with Crippen molar-refractivity contribution in [2.45, 2.75) is 44.6 Å². The zero-order valence-electron chi connectivity index (χ0n) is 7.51. The molecule has 2 rings (SSSR count). The summed E-state index contributed by atoms with van der Waals surface area (Å²) in [6.45, 7) is 1.04. The Kier molecular flexibility index (Phi) is 2.45. The van der Waals surface area contributed by atoms with E-state index < -0.39 is 0 Å². The highest BCUT2D eigenvalue weighted by Crippen LogP contribution is 2.29. The van der Waals surface area contributed by atoms with Crippen molar-refractivity contribution in [2.24, 2.45) is 5.92 Å². The summed E-state index contributed by atoms with van der Waals surface area (Å²) in [6.07, 6.45) is 7.12. The molecule has 0 aromatic rings. The molecule has 0 aromatic carbocycles. The molecular formula is C10H17NO. The number of nitrogens with one attached hydrogen (secondary N) is 1. The van der Waals surface area contributed by atoms with Crippen LogP contribution in [0.2, 0.25) is 0 Å². The lowest BCUT2D eigenvalue weighted by molar-refractivity contribution is -0.127. The third-order valence-electron chi connectivity index (χ3n) is 3.16. The second kappa shape index (κ2) is 3.56. The summed E-state index contributed by atoms with van der Waals surface area (Å²) < 4.78 is 0. The molecule has 1 atom stereocenters. The SMILES string of the molecule is O=C(C1CCC1)[C@H]1CCCCN1.